The van der Waals surface area contributed by atoms with Crippen molar-refractivity contribution in [1.82, 2.24) is 35.4 Å². The molecule has 3 atom stereocenters. The average Bonchev–Trinajstić information content (AvgIpc) is 3.65. The van der Waals surface area contributed by atoms with E-state index in [1.54, 1.807) is 6.20 Å². The summed E-state index contributed by atoms with van der Waals surface area (Å²) in [7, 11) is 0. The van der Waals surface area contributed by atoms with E-state index in [9.17, 15) is 4.39 Å². The Bertz CT molecular complexity index is 1670. The van der Waals surface area contributed by atoms with Crippen molar-refractivity contribution in [3.8, 4) is 23.1 Å². The normalized spacial score (nSPS) is 24.8. The number of H-pyrrole nitrogens is 1. The Morgan fingerprint density at radius 1 is 1.24 bits per heavy atom. The molecule has 7 rings (SSSR count). The lowest BCUT2D eigenvalue weighted by Gasteiger charge is -2.30. The molecule has 222 valence electrons. The van der Waals surface area contributed by atoms with E-state index in [0.717, 1.165) is 37.9 Å². The van der Waals surface area contributed by atoms with Crippen LogP contribution in [0.2, 0.25) is 5.02 Å². The van der Waals surface area contributed by atoms with Crippen LogP contribution in [-0.2, 0) is 0 Å². The number of hydrogen-bond acceptors (Lipinski definition) is 9. The maximum absolute atomic E-state index is 16.7. The van der Waals surface area contributed by atoms with Gasteiger partial charge in [0.1, 0.15) is 35.2 Å². The third-order valence-corrected chi connectivity index (χ3v) is 9.19. The zero-order chi connectivity index (χ0) is 29.0. The molecule has 0 bridgehead atoms. The molecule has 0 radical (unpaired) electrons. The van der Waals surface area contributed by atoms with E-state index >= 15 is 4.39 Å². The van der Waals surface area contributed by atoms with Gasteiger partial charge in [0.15, 0.2) is 5.82 Å². The molecular formula is C29H33ClF2N8O2. The van der Waals surface area contributed by atoms with Gasteiger partial charge < -0.3 is 20.1 Å². The first-order valence-corrected chi connectivity index (χ1v) is 14.9. The fraction of sp³-hybridized carbons (Fsp3) is 0.517. The minimum absolute atomic E-state index is 0.00465. The lowest BCUT2D eigenvalue weighted by atomic mass is 9.95. The van der Waals surface area contributed by atoms with Crippen molar-refractivity contribution in [2.45, 2.75) is 57.3 Å². The molecule has 0 aliphatic carbocycles. The maximum Gasteiger partial charge on any atom is 0.319 e. The molecule has 6 heterocycles. The summed E-state index contributed by atoms with van der Waals surface area (Å²) in [6.45, 7) is 7.20. The van der Waals surface area contributed by atoms with Crippen LogP contribution in [0.15, 0.2) is 12.3 Å². The average molecular weight is 599 g/mol. The summed E-state index contributed by atoms with van der Waals surface area (Å²) in [5.41, 5.74) is 1.46. The van der Waals surface area contributed by atoms with Gasteiger partial charge in [-0.15, -0.1) is 0 Å². The van der Waals surface area contributed by atoms with Gasteiger partial charge in [0.05, 0.1) is 28.4 Å². The second-order valence-corrected chi connectivity index (χ2v) is 12.0. The molecule has 3 aliphatic rings. The Labute approximate surface area is 246 Å². The lowest BCUT2D eigenvalue weighted by molar-refractivity contribution is 0.107. The molecule has 1 aromatic carbocycles. The number of nitrogens with one attached hydrogen (secondary N) is 3. The van der Waals surface area contributed by atoms with Crippen LogP contribution < -0.4 is 20.1 Å². The Morgan fingerprint density at radius 2 is 2.12 bits per heavy atom. The van der Waals surface area contributed by atoms with Crippen LogP contribution in [0.25, 0.3) is 33.1 Å². The molecule has 3 aromatic heterocycles. The zero-order valence-electron chi connectivity index (χ0n) is 23.6. The lowest BCUT2D eigenvalue weighted by Crippen LogP contribution is -2.43. The molecule has 0 amide bonds. The van der Waals surface area contributed by atoms with Crippen LogP contribution in [0.3, 0.4) is 0 Å². The standard InChI is InChI=1S/C29H33ClF2N8O2/c1-15-10-19-18(12-35-39-19)20(22(15)30)24-23(32)25-21-26(34-8-7-33-6-4-16(2)42-27(21)36-24)38-28(37-25)41-14-29-5-3-9-40(29)13-17(31)11-29/h10,12,16-17,33H,3-9,11,13-14H2,1-2H3,(H,35,39)(H,34,37,38)/t16-,17+,29?/m0/s1. The van der Waals surface area contributed by atoms with Crippen molar-refractivity contribution in [2.75, 3.05) is 44.6 Å². The third-order valence-electron chi connectivity index (χ3n) is 8.70. The van der Waals surface area contributed by atoms with Crippen LogP contribution in [0.1, 0.15) is 38.2 Å². The number of aryl methyl sites for hydroxylation is 1. The second-order valence-electron chi connectivity index (χ2n) is 11.6. The second kappa shape index (κ2) is 10.7. The van der Waals surface area contributed by atoms with Gasteiger partial charge >= 0.3 is 6.01 Å². The Morgan fingerprint density at radius 3 is 3.00 bits per heavy atom. The van der Waals surface area contributed by atoms with Gasteiger partial charge in [0.2, 0.25) is 5.88 Å². The van der Waals surface area contributed by atoms with Gasteiger partial charge in [-0.1, -0.05) is 11.6 Å². The number of aromatic nitrogens is 5. The molecular weight excluding hydrogens is 566 g/mol. The molecule has 3 aliphatic heterocycles. The summed E-state index contributed by atoms with van der Waals surface area (Å²) in [6, 6.07) is 1.87. The van der Waals surface area contributed by atoms with Crippen LogP contribution in [0, 0.1) is 12.7 Å². The monoisotopic (exact) mass is 598 g/mol. The highest BCUT2D eigenvalue weighted by atomic mass is 35.5. The highest BCUT2D eigenvalue weighted by Gasteiger charge is 2.49. The first-order chi connectivity index (χ1) is 20.3. The fourth-order valence-electron chi connectivity index (χ4n) is 6.59. The number of ether oxygens (including phenoxy) is 2. The van der Waals surface area contributed by atoms with Gasteiger partial charge in [-0.3, -0.25) is 10.00 Å². The van der Waals surface area contributed by atoms with Crippen LogP contribution in [-0.4, -0.2) is 87.2 Å². The molecule has 4 aromatic rings. The number of alkyl halides is 1. The molecule has 13 heteroatoms. The first kappa shape index (κ1) is 27.5. The minimum atomic E-state index is -0.891. The van der Waals surface area contributed by atoms with E-state index < -0.39 is 17.5 Å². The number of benzene rings is 1. The number of hydrogen-bond donors (Lipinski definition) is 3. The van der Waals surface area contributed by atoms with E-state index in [1.807, 2.05) is 19.9 Å². The van der Waals surface area contributed by atoms with E-state index in [1.165, 1.54) is 0 Å². The smallest absolute Gasteiger partial charge is 0.319 e. The molecule has 2 saturated heterocycles. The fourth-order valence-corrected chi connectivity index (χ4v) is 6.84. The number of rotatable bonds is 4. The summed E-state index contributed by atoms with van der Waals surface area (Å²) in [5.74, 6) is -0.109. The highest BCUT2D eigenvalue weighted by molar-refractivity contribution is 6.35. The zero-order valence-corrected chi connectivity index (χ0v) is 24.3. The van der Waals surface area contributed by atoms with Gasteiger partial charge in [-0.2, -0.15) is 15.1 Å². The van der Waals surface area contributed by atoms with Gasteiger partial charge in [-0.05, 0) is 57.8 Å². The van der Waals surface area contributed by atoms with E-state index in [-0.39, 0.29) is 35.8 Å². The molecule has 3 N–H and O–H groups in total. The largest absolute Gasteiger partial charge is 0.474 e. The molecule has 10 nitrogen and oxygen atoms in total. The summed E-state index contributed by atoms with van der Waals surface area (Å²) >= 11 is 6.80. The van der Waals surface area contributed by atoms with Gasteiger partial charge in [0, 0.05) is 37.0 Å². The number of nitrogens with zero attached hydrogens (tertiary/aromatic N) is 5. The van der Waals surface area contributed by atoms with Crippen molar-refractivity contribution < 1.29 is 18.3 Å². The highest BCUT2D eigenvalue weighted by Crippen LogP contribution is 2.43. The van der Waals surface area contributed by atoms with Crippen molar-refractivity contribution in [3.63, 3.8) is 0 Å². The molecule has 0 saturated carbocycles. The van der Waals surface area contributed by atoms with Crippen molar-refractivity contribution in [2.24, 2.45) is 0 Å². The van der Waals surface area contributed by atoms with E-state index in [0.29, 0.717) is 58.7 Å². The van der Waals surface area contributed by atoms with E-state index in [2.05, 4.69) is 35.7 Å². The SMILES string of the molecule is Cc1cc2[nH]ncc2c(-c2nc3c4c(nc(OCC56CCCN5C[C@H](F)C6)nc4c2F)NCCNCC[C@H](C)O3)c1Cl. The third kappa shape index (κ3) is 4.69. The number of anilines is 1. The predicted molar refractivity (Wildman–Crippen MR) is 157 cm³/mol. The van der Waals surface area contributed by atoms with Crippen LogP contribution in [0.4, 0.5) is 14.6 Å². The van der Waals surface area contributed by atoms with Gasteiger partial charge in [-0.25, -0.2) is 13.8 Å². The molecule has 42 heavy (non-hydrogen) atoms. The summed E-state index contributed by atoms with van der Waals surface area (Å²) < 4.78 is 43.7. The van der Waals surface area contributed by atoms with Crippen molar-refractivity contribution in [1.29, 1.82) is 0 Å². The van der Waals surface area contributed by atoms with Crippen molar-refractivity contribution >= 4 is 39.2 Å². The van der Waals surface area contributed by atoms with E-state index in [4.69, 9.17) is 26.1 Å². The maximum atomic E-state index is 16.7. The van der Waals surface area contributed by atoms with Gasteiger partial charge in [0.25, 0.3) is 0 Å². The first-order valence-electron chi connectivity index (χ1n) is 14.5. The Hall–Kier alpha value is -3.35. The quantitative estimate of drug-likeness (QED) is 0.305. The summed E-state index contributed by atoms with van der Waals surface area (Å²) in [4.78, 5) is 16.1. The Kier molecular flexibility index (Phi) is 7.02. The number of aromatic amines is 1. The molecule has 1 unspecified atom stereocenters. The predicted octanol–water partition coefficient (Wildman–Crippen LogP) is 4.80. The van der Waals surface area contributed by atoms with Crippen molar-refractivity contribution in [3.05, 3.63) is 28.7 Å². The topological polar surface area (TPSA) is 113 Å². The minimum Gasteiger partial charge on any atom is -0.474 e. The van der Waals surface area contributed by atoms with Crippen LogP contribution in [0.5, 0.6) is 11.9 Å². The number of halogens is 3. The number of fused-ring (bicyclic) bond motifs is 2. The molecule has 2 fully saturated rings. The number of pyridine rings is 1. The molecule has 0 spiro atoms. The van der Waals surface area contributed by atoms with Crippen LogP contribution >= 0.6 is 11.6 Å². The summed E-state index contributed by atoms with van der Waals surface area (Å²) in [5, 5.41) is 15.1. The Balaban J connectivity index is 1.40. The summed E-state index contributed by atoms with van der Waals surface area (Å²) in [6.07, 6.45) is 3.43.